The van der Waals surface area contributed by atoms with Crippen molar-refractivity contribution in [2.24, 2.45) is 0 Å². The van der Waals surface area contributed by atoms with Crippen LogP contribution in [0.2, 0.25) is 0 Å². The number of fused-ring (bicyclic) bond motifs is 2. The van der Waals surface area contributed by atoms with Crippen molar-refractivity contribution in [1.82, 2.24) is 0 Å². The third kappa shape index (κ3) is 2.62. The van der Waals surface area contributed by atoms with Gasteiger partial charge in [0.2, 0.25) is 0 Å². The zero-order valence-corrected chi connectivity index (χ0v) is 13.0. The van der Waals surface area contributed by atoms with Gasteiger partial charge in [-0.3, -0.25) is 5.26 Å². The van der Waals surface area contributed by atoms with Gasteiger partial charge in [-0.2, -0.15) is 0 Å². The van der Waals surface area contributed by atoms with E-state index in [1.54, 1.807) is 45.2 Å². The molecule has 2 heterocycles. The number of hydrogen-bond donors (Lipinski definition) is 1. The van der Waals surface area contributed by atoms with Gasteiger partial charge in [0.25, 0.3) is 0 Å². The van der Waals surface area contributed by atoms with Gasteiger partial charge in [-0.1, -0.05) is 0 Å². The number of benzene rings is 1. The van der Waals surface area contributed by atoms with Crippen molar-refractivity contribution < 1.29 is 23.7 Å². The number of methoxy groups -OCH3 is 1. The van der Waals surface area contributed by atoms with E-state index >= 15 is 0 Å². The topological polar surface area (TPSA) is 82.0 Å². The fourth-order valence-corrected chi connectivity index (χ4v) is 2.43. The van der Waals surface area contributed by atoms with E-state index in [0.717, 1.165) is 5.39 Å². The molecular weight excluding hydrogens is 300 g/mol. The minimum absolute atomic E-state index is 0.349. The van der Waals surface area contributed by atoms with Gasteiger partial charge in [-0.25, -0.2) is 9.68 Å². The lowest BCUT2D eigenvalue weighted by atomic mass is 10.0. The summed E-state index contributed by atoms with van der Waals surface area (Å²) in [5.74, 6) is 0.572. The molecule has 3 aromatic rings. The van der Waals surface area contributed by atoms with Crippen molar-refractivity contribution >= 4 is 28.0 Å². The summed E-state index contributed by atoms with van der Waals surface area (Å²) in [6.07, 6.45) is 4.87. The molecule has 0 bridgehead atoms. The average molecular weight is 316 g/mol. The monoisotopic (exact) mass is 316 g/mol. The number of hydrogen-bond acceptors (Lipinski definition) is 6. The van der Waals surface area contributed by atoms with Crippen LogP contribution in [0.3, 0.4) is 0 Å². The number of rotatable bonds is 4. The summed E-state index contributed by atoms with van der Waals surface area (Å²) in [6.45, 7) is 3.37. The molecule has 0 aliphatic carbocycles. The van der Waals surface area contributed by atoms with Gasteiger partial charge < -0.3 is 13.6 Å². The Labute approximate surface area is 131 Å². The highest BCUT2D eigenvalue weighted by molar-refractivity contribution is 6.07. The van der Waals surface area contributed by atoms with Gasteiger partial charge in [-0.05, 0) is 38.1 Å². The Morgan fingerprint density at radius 2 is 1.91 bits per heavy atom. The van der Waals surface area contributed by atoms with Gasteiger partial charge in [-0.15, -0.1) is 0 Å². The van der Waals surface area contributed by atoms with E-state index in [1.807, 2.05) is 0 Å². The van der Waals surface area contributed by atoms with Crippen molar-refractivity contribution in [3.05, 3.63) is 46.5 Å². The molecule has 2 aromatic heterocycles. The van der Waals surface area contributed by atoms with E-state index in [9.17, 15) is 4.79 Å². The van der Waals surface area contributed by atoms with Gasteiger partial charge in [0.15, 0.2) is 5.58 Å². The molecule has 0 fully saturated rings. The summed E-state index contributed by atoms with van der Waals surface area (Å²) in [5, 5.41) is 10.3. The van der Waals surface area contributed by atoms with Gasteiger partial charge in [0.1, 0.15) is 16.9 Å². The summed E-state index contributed by atoms with van der Waals surface area (Å²) in [6, 6.07) is 4.77. The van der Waals surface area contributed by atoms with Crippen LogP contribution in [0.15, 0.2) is 44.2 Å². The summed E-state index contributed by atoms with van der Waals surface area (Å²) in [4.78, 5) is 16.0. The molecular formula is C17H16O6. The van der Waals surface area contributed by atoms with Gasteiger partial charge in [0, 0.05) is 6.07 Å². The molecule has 1 aromatic carbocycles. The molecule has 0 saturated carbocycles. The van der Waals surface area contributed by atoms with Crippen LogP contribution in [0, 0.1) is 0 Å². The molecule has 23 heavy (non-hydrogen) atoms. The number of ether oxygens (including phenoxy) is 1. The molecule has 0 saturated heterocycles. The Kier molecular flexibility index (Phi) is 3.71. The first kappa shape index (κ1) is 15.3. The first-order chi connectivity index (χ1) is 11.0. The first-order valence-corrected chi connectivity index (χ1v) is 6.99. The highest BCUT2D eigenvalue weighted by Gasteiger charge is 2.19. The molecule has 6 heteroatoms. The second kappa shape index (κ2) is 5.57. The zero-order valence-electron chi connectivity index (χ0n) is 13.0. The third-order valence-electron chi connectivity index (χ3n) is 3.57. The second-order valence-electron chi connectivity index (χ2n) is 5.64. The van der Waals surface area contributed by atoms with E-state index in [4.69, 9.17) is 18.8 Å². The van der Waals surface area contributed by atoms with Crippen molar-refractivity contribution in [3.8, 4) is 5.75 Å². The molecule has 1 N–H and O–H groups in total. The molecule has 0 atom stereocenters. The fourth-order valence-electron chi connectivity index (χ4n) is 2.43. The normalized spacial score (nSPS) is 12.5. The van der Waals surface area contributed by atoms with Crippen LogP contribution in [0.4, 0.5) is 0 Å². The quantitative estimate of drug-likeness (QED) is 0.447. The van der Waals surface area contributed by atoms with Crippen LogP contribution in [-0.4, -0.2) is 18.0 Å². The maximum atomic E-state index is 11.6. The standard InChI is InChI=1S/C17H16O6/c1-17(2,23-19)8-6-11-15-12(7-9-21-15)14(20-3)10-4-5-13(18)22-16(10)11/h4-9,19H,1-3H3/b8-6+. The van der Waals surface area contributed by atoms with E-state index < -0.39 is 11.2 Å². The minimum Gasteiger partial charge on any atom is -0.495 e. The lowest BCUT2D eigenvalue weighted by molar-refractivity contribution is -0.296. The molecule has 120 valence electrons. The minimum atomic E-state index is -0.903. The maximum absolute atomic E-state index is 11.6. The predicted molar refractivity (Wildman–Crippen MR) is 85.6 cm³/mol. The molecule has 0 aliphatic heterocycles. The Hall–Kier alpha value is -2.57. The van der Waals surface area contributed by atoms with Crippen molar-refractivity contribution in [3.63, 3.8) is 0 Å². The Morgan fingerprint density at radius 3 is 2.61 bits per heavy atom. The Bertz CT molecular complexity index is 945. The molecule has 0 unspecified atom stereocenters. The average Bonchev–Trinajstić information content (AvgIpc) is 3.00. The van der Waals surface area contributed by atoms with Gasteiger partial charge >= 0.3 is 5.63 Å². The molecule has 0 aliphatic rings. The van der Waals surface area contributed by atoms with Gasteiger partial charge in [0.05, 0.1) is 29.7 Å². The largest absolute Gasteiger partial charge is 0.495 e. The Morgan fingerprint density at radius 1 is 1.17 bits per heavy atom. The first-order valence-electron chi connectivity index (χ1n) is 6.99. The maximum Gasteiger partial charge on any atom is 0.336 e. The van der Waals surface area contributed by atoms with Crippen molar-refractivity contribution in [2.45, 2.75) is 19.4 Å². The van der Waals surface area contributed by atoms with Crippen LogP contribution in [-0.2, 0) is 4.89 Å². The SMILES string of the molecule is COc1c2ccoc2c(/C=C/C(C)(C)OO)c2oc(=O)ccc12. The highest BCUT2D eigenvalue weighted by atomic mass is 17.1. The fraction of sp³-hybridized carbons (Fsp3) is 0.235. The van der Waals surface area contributed by atoms with Crippen molar-refractivity contribution in [2.75, 3.05) is 7.11 Å². The molecule has 0 spiro atoms. The van der Waals surface area contributed by atoms with Crippen LogP contribution in [0.1, 0.15) is 19.4 Å². The number of furan rings is 1. The highest BCUT2D eigenvalue weighted by Crippen LogP contribution is 2.39. The smallest absolute Gasteiger partial charge is 0.336 e. The summed E-state index contributed by atoms with van der Waals surface area (Å²) >= 11 is 0. The second-order valence-corrected chi connectivity index (χ2v) is 5.64. The summed E-state index contributed by atoms with van der Waals surface area (Å²) < 4.78 is 16.4. The van der Waals surface area contributed by atoms with E-state index in [2.05, 4.69) is 4.89 Å². The Balaban J connectivity index is 2.40. The molecule has 0 amide bonds. The third-order valence-corrected chi connectivity index (χ3v) is 3.57. The van der Waals surface area contributed by atoms with E-state index in [-0.39, 0.29) is 0 Å². The predicted octanol–water partition coefficient (Wildman–Crippen LogP) is 3.83. The van der Waals surface area contributed by atoms with Crippen LogP contribution < -0.4 is 10.4 Å². The van der Waals surface area contributed by atoms with Crippen LogP contribution in [0.25, 0.3) is 28.0 Å². The summed E-state index contributed by atoms with van der Waals surface area (Å²) in [7, 11) is 1.55. The zero-order chi connectivity index (χ0) is 16.6. The lowest BCUT2D eigenvalue weighted by Gasteiger charge is -2.15. The lowest BCUT2D eigenvalue weighted by Crippen LogP contribution is -2.18. The van der Waals surface area contributed by atoms with Crippen molar-refractivity contribution in [1.29, 1.82) is 0 Å². The molecule has 0 radical (unpaired) electrons. The molecule has 3 rings (SSSR count). The van der Waals surface area contributed by atoms with Crippen LogP contribution >= 0.6 is 0 Å². The van der Waals surface area contributed by atoms with E-state index in [0.29, 0.717) is 27.9 Å². The summed E-state index contributed by atoms with van der Waals surface area (Å²) in [5.41, 5.74) is 0.0668. The van der Waals surface area contributed by atoms with Crippen LogP contribution in [0.5, 0.6) is 5.75 Å². The van der Waals surface area contributed by atoms with E-state index in [1.165, 1.54) is 12.3 Å². The molecule has 6 nitrogen and oxygen atoms in total.